The first-order valence-electron chi connectivity index (χ1n) is 8.48. The molecular formula is C17H32N2O. The third kappa shape index (κ3) is 3.75. The van der Waals surface area contributed by atoms with Gasteiger partial charge in [0, 0.05) is 18.0 Å². The fraction of sp³-hybridized carbons (Fsp3) is 0.941. The minimum absolute atomic E-state index is 0.176. The van der Waals surface area contributed by atoms with Crippen LogP contribution >= 0.6 is 0 Å². The summed E-state index contributed by atoms with van der Waals surface area (Å²) >= 11 is 0. The van der Waals surface area contributed by atoms with Crippen molar-refractivity contribution in [1.29, 1.82) is 0 Å². The summed E-state index contributed by atoms with van der Waals surface area (Å²) in [7, 11) is 0. The number of rotatable bonds is 4. The first-order valence-corrected chi connectivity index (χ1v) is 8.48. The van der Waals surface area contributed by atoms with Crippen LogP contribution in [0.1, 0.15) is 72.1 Å². The third-order valence-corrected chi connectivity index (χ3v) is 5.93. The molecule has 2 fully saturated rings. The zero-order valence-electron chi connectivity index (χ0n) is 13.5. The molecule has 0 spiro atoms. The van der Waals surface area contributed by atoms with E-state index in [2.05, 4.69) is 26.1 Å². The number of hydrogen-bond donors (Lipinski definition) is 2. The van der Waals surface area contributed by atoms with Crippen molar-refractivity contribution in [2.45, 2.75) is 84.2 Å². The normalized spacial score (nSPS) is 35.0. The second-order valence-electron chi connectivity index (χ2n) is 7.67. The molecule has 20 heavy (non-hydrogen) atoms. The summed E-state index contributed by atoms with van der Waals surface area (Å²) in [6.07, 6.45) is 8.93. The molecule has 0 aromatic heterocycles. The first kappa shape index (κ1) is 15.8. The molecule has 0 aromatic carbocycles. The molecule has 116 valence electrons. The van der Waals surface area contributed by atoms with Crippen molar-refractivity contribution in [3.63, 3.8) is 0 Å². The fourth-order valence-corrected chi connectivity index (χ4v) is 3.88. The Morgan fingerprint density at radius 1 is 1.15 bits per heavy atom. The van der Waals surface area contributed by atoms with E-state index in [1.807, 2.05) is 0 Å². The predicted octanol–water partition coefficient (Wildman–Crippen LogP) is 3.23. The van der Waals surface area contributed by atoms with Gasteiger partial charge in [0.1, 0.15) is 0 Å². The van der Waals surface area contributed by atoms with E-state index in [9.17, 15) is 4.79 Å². The Labute approximate surface area is 124 Å². The predicted molar refractivity (Wildman–Crippen MR) is 83.3 cm³/mol. The van der Waals surface area contributed by atoms with E-state index < -0.39 is 0 Å². The van der Waals surface area contributed by atoms with Crippen LogP contribution in [-0.2, 0) is 4.79 Å². The zero-order valence-corrected chi connectivity index (χ0v) is 13.5. The van der Waals surface area contributed by atoms with Gasteiger partial charge in [-0.05, 0) is 56.3 Å². The van der Waals surface area contributed by atoms with E-state index in [0.29, 0.717) is 11.5 Å². The molecule has 3 heteroatoms. The summed E-state index contributed by atoms with van der Waals surface area (Å²) in [6, 6.07) is 0.648. The monoisotopic (exact) mass is 280 g/mol. The molecule has 2 rings (SSSR count). The molecule has 0 saturated heterocycles. The number of carbonyl (C=O) groups excluding carboxylic acids is 1. The smallest absolute Gasteiger partial charge is 0.223 e. The number of hydrogen-bond acceptors (Lipinski definition) is 2. The number of nitrogens with two attached hydrogens (primary N) is 1. The molecule has 2 unspecified atom stereocenters. The van der Waals surface area contributed by atoms with Gasteiger partial charge in [0.15, 0.2) is 0 Å². The second kappa shape index (κ2) is 6.46. The van der Waals surface area contributed by atoms with Gasteiger partial charge < -0.3 is 11.1 Å². The van der Waals surface area contributed by atoms with Gasteiger partial charge in [0.25, 0.3) is 0 Å². The Bertz CT molecular complexity index is 332. The molecular weight excluding hydrogens is 248 g/mol. The highest BCUT2D eigenvalue weighted by Gasteiger charge is 2.34. The van der Waals surface area contributed by atoms with E-state index in [4.69, 9.17) is 5.73 Å². The number of nitrogens with one attached hydrogen (secondary N) is 1. The van der Waals surface area contributed by atoms with Crippen LogP contribution in [0.3, 0.4) is 0 Å². The maximum absolute atomic E-state index is 12.2. The summed E-state index contributed by atoms with van der Waals surface area (Å²) in [6.45, 7) is 7.06. The Morgan fingerprint density at radius 2 is 1.80 bits per heavy atom. The maximum atomic E-state index is 12.2. The second-order valence-corrected chi connectivity index (χ2v) is 7.67. The lowest BCUT2D eigenvalue weighted by Gasteiger charge is -2.39. The summed E-state index contributed by atoms with van der Waals surface area (Å²) in [5, 5.41) is 3.28. The van der Waals surface area contributed by atoms with E-state index in [-0.39, 0.29) is 17.9 Å². The van der Waals surface area contributed by atoms with Crippen LogP contribution in [0.4, 0.5) is 0 Å². The lowest BCUT2D eigenvalue weighted by atomic mass is 9.69. The molecule has 2 atom stereocenters. The van der Waals surface area contributed by atoms with Gasteiger partial charge in [-0.2, -0.15) is 0 Å². The molecule has 2 aliphatic carbocycles. The molecule has 0 bridgehead atoms. The highest BCUT2D eigenvalue weighted by molar-refractivity contribution is 5.79. The highest BCUT2D eigenvalue weighted by atomic mass is 16.1. The van der Waals surface area contributed by atoms with Crippen molar-refractivity contribution in [1.82, 2.24) is 5.32 Å². The van der Waals surface area contributed by atoms with Crippen molar-refractivity contribution < 1.29 is 4.79 Å². The van der Waals surface area contributed by atoms with Crippen LogP contribution in [0.2, 0.25) is 0 Å². The molecule has 0 aromatic rings. The number of carbonyl (C=O) groups is 1. The Kier molecular flexibility index (Phi) is 5.11. The van der Waals surface area contributed by atoms with Gasteiger partial charge in [0.05, 0.1) is 0 Å². The average Bonchev–Trinajstić information content (AvgIpc) is 2.86. The largest absolute Gasteiger partial charge is 0.353 e. The molecule has 3 N–H and O–H groups in total. The Balaban J connectivity index is 1.76. The van der Waals surface area contributed by atoms with Gasteiger partial charge in [-0.1, -0.05) is 27.2 Å². The van der Waals surface area contributed by atoms with Crippen LogP contribution in [0, 0.1) is 17.3 Å². The van der Waals surface area contributed by atoms with Crippen LogP contribution in [0.5, 0.6) is 0 Å². The average molecular weight is 280 g/mol. The van der Waals surface area contributed by atoms with E-state index in [1.54, 1.807) is 0 Å². The van der Waals surface area contributed by atoms with Crippen LogP contribution < -0.4 is 11.1 Å². The summed E-state index contributed by atoms with van der Waals surface area (Å²) in [5.41, 5.74) is 6.35. The summed E-state index contributed by atoms with van der Waals surface area (Å²) < 4.78 is 0. The molecule has 1 amide bonds. The maximum Gasteiger partial charge on any atom is 0.223 e. The fourth-order valence-electron chi connectivity index (χ4n) is 3.88. The first-order chi connectivity index (χ1) is 9.42. The van der Waals surface area contributed by atoms with Gasteiger partial charge in [0.2, 0.25) is 5.91 Å². The molecule has 0 radical (unpaired) electrons. The molecule has 0 heterocycles. The Morgan fingerprint density at radius 3 is 2.30 bits per heavy atom. The van der Waals surface area contributed by atoms with Crippen molar-refractivity contribution in [3.8, 4) is 0 Å². The van der Waals surface area contributed by atoms with Gasteiger partial charge in [-0.15, -0.1) is 0 Å². The molecule has 2 saturated carbocycles. The lowest BCUT2D eigenvalue weighted by molar-refractivity contribution is -0.125. The highest BCUT2D eigenvalue weighted by Crippen LogP contribution is 2.40. The van der Waals surface area contributed by atoms with E-state index in [1.165, 1.54) is 19.3 Å². The Hall–Kier alpha value is -0.570. The minimum Gasteiger partial charge on any atom is -0.353 e. The molecule has 3 nitrogen and oxygen atoms in total. The van der Waals surface area contributed by atoms with E-state index in [0.717, 1.165) is 38.0 Å². The summed E-state index contributed by atoms with van der Waals surface area (Å²) in [5.74, 6) is 1.26. The van der Waals surface area contributed by atoms with Crippen LogP contribution in [-0.4, -0.2) is 18.0 Å². The van der Waals surface area contributed by atoms with Gasteiger partial charge in [-0.3, -0.25) is 4.79 Å². The summed E-state index contributed by atoms with van der Waals surface area (Å²) in [4.78, 5) is 12.2. The van der Waals surface area contributed by atoms with Crippen molar-refractivity contribution in [2.24, 2.45) is 23.0 Å². The molecule has 0 aliphatic heterocycles. The number of amides is 1. The van der Waals surface area contributed by atoms with Crippen molar-refractivity contribution in [2.75, 3.05) is 0 Å². The van der Waals surface area contributed by atoms with Gasteiger partial charge >= 0.3 is 0 Å². The van der Waals surface area contributed by atoms with E-state index >= 15 is 0 Å². The SMILES string of the molecule is CCC(C)(C)C1CCC(NC(=O)C2CCC(N)C2)CC1. The minimum atomic E-state index is 0.176. The zero-order chi connectivity index (χ0) is 14.8. The third-order valence-electron chi connectivity index (χ3n) is 5.93. The van der Waals surface area contributed by atoms with Crippen LogP contribution in [0.15, 0.2) is 0 Å². The standard InChI is InChI=1S/C17H32N2O/c1-4-17(2,3)13-6-9-15(10-7-13)19-16(20)12-5-8-14(18)11-12/h12-15H,4-11,18H2,1-3H3,(H,19,20). The van der Waals surface area contributed by atoms with Gasteiger partial charge in [-0.25, -0.2) is 0 Å². The topological polar surface area (TPSA) is 55.1 Å². The van der Waals surface area contributed by atoms with Crippen LogP contribution in [0.25, 0.3) is 0 Å². The van der Waals surface area contributed by atoms with Crippen molar-refractivity contribution >= 4 is 5.91 Å². The van der Waals surface area contributed by atoms with Crippen molar-refractivity contribution in [3.05, 3.63) is 0 Å². The lowest BCUT2D eigenvalue weighted by Crippen LogP contribution is -2.42. The molecule has 2 aliphatic rings. The quantitative estimate of drug-likeness (QED) is 0.830.